The number of nitrogens with zero attached hydrogens (tertiary/aromatic N) is 3. The molecule has 3 saturated heterocycles. The molecule has 3 fully saturated rings. The van der Waals surface area contributed by atoms with Gasteiger partial charge in [0.15, 0.2) is 0 Å². The van der Waals surface area contributed by atoms with Gasteiger partial charge in [-0.15, -0.1) is 0 Å². The number of piperidine rings is 1. The molecule has 4 rings (SSSR count). The lowest BCUT2D eigenvalue weighted by Gasteiger charge is -2.37. The number of nitrogens with one attached hydrogen (secondary N) is 1. The predicted octanol–water partition coefficient (Wildman–Crippen LogP) is 2.05. The molecule has 0 bridgehead atoms. The zero-order valence-electron chi connectivity index (χ0n) is 14.8. The molecule has 0 aromatic heterocycles. The van der Waals surface area contributed by atoms with Crippen LogP contribution in [0, 0.1) is 5.41 Å². The number of hydrogen-bond acceptors (Lipinski definition) is 4. The molecule has 1 aromatic rings. The van der Waals surface area contributed by atoms with Crippen LogP contribution in [0.3, 0.4) is 0 Å². The normalized spacial score (nSPS) is 24.0. The smallest absolute Gasteiger partial charge is 0.328 e. The van der Waals surface area contributed by atoms with E-state index in [2.05, 4.69) is 34.3 Å². The van der Waals surface area contributed by atoms with Crippen molar-refractivity contribution in [3.8, 4) is 0 Å². The zero-order valence-corrected chi connectivity index (χ0v) is 14.8. The van der Waals surface area contributed by atoms with Crippen LogP contribution in [0.2, 0.25) is 0 Å². The van der Waals surface area contributed by atoms with Gasteiger partial charge in [-0.25, -0.2) is 4.79 Å². The second-order valence-electron chi connectivity index (χ2n) is 7.75. The lowest BCUT2D eigenvalue weighted by atomic mass is 9.78. The molecule has 3 aliphatic rings. The maximum atomic E-state index is 12.0. The Kier molecular flexibility index (Phi) is 4.15. The summed E-state index contributed by atoms with van der Waals surface area (Å²) in [5.41, 5.74) is 2.56. The fourth-order valence-electron chi connectivity index (χ4n) is 4.31. The Hall–Kier alpha value is -2.08. The molecular formula is C19H26N4O2. The van der Waals surface area contributed by atoms with E-state index in [1.54, 1.807) is 4.90 Å². The average molecular weight is 342 g/mol. The van der Waals surface area contributed by atoms with E-state index in [1.807, 2.05) is 12.1 Å². The molecule has 134 valence electrons. The number of likely N-dealkylation sites (tertiary alicyclic amines) is 1. The first-order valence-electron chi connectivity index (χ1n) is 9.20. The van der Waals surface area contributed by atoms with Crippen molar-refractivity contribution in [3.63, 3.8) is 0 Å². The second-order valence-corrected chi connectivity index (χ2v) is 7.75. The Labute approximate surface area is 148 Å². The third kappa shape index (κ3) is 3.23. The van der Waals surface area contributed by atoms with Gasteiger partial charge in [-0.3, -0.25) is 15.0 Å². The molecule has 25 heavy (non-hydrogen) atoms. The summed E-state index contributed by atoms with van der Waals surface area (Å²) in [6, 6.07) is 7.87. The third-order valence-electron chi connectivity index (χ3n) is 6.07. The first-order chi connectivity index (χ1) is 12.0. The summed E-state index contributed by atoms with van der Waals surface area (Å²) in [6.07, 6.45) is 4.22. The van der Waals surface area contributed by atoms with Crippen molar-refractivity contribution >= 4 is 23.3 Å². The highest BCUT2D eigenvalue weighted by atomic mass is 16.2. The minimum absolute atomic E-state index is 0.196. The lowest BCUT2D eigenvalue weighted by molar-refractivity contribution is -0.120. The maximum Gasteiger partial charge on any atom is 0.328 e. The Bertz CT molecular complexity index is 665. The molecule has 1 spiro atoms. The third-order valence-corrected chi connectivity index (χ3v) is 6.07. The van der Waals surface area contributed by atoms with Gasteiger partial charge in [-0.05, 0) is 69.1 Å². The summed E-state index contributed by atoms with van der Waals surface area (Å²) in [5, 5.41) is 2.37. The first kappa shape index (κ1) is 16.4. The van der Waals surface area contributed by atoms with Crippen molar-refractivity contribution in [1.82, 2.24) is 10.2 Å². The minimum atomic E-state index is -0.324. The fourth-order valence-corrected chi connectivity index (χ4v) is 4.31. The summed E-state index contributed by atoms with van der Waals surface area (Å²) in [5.74, 6) is -0.196. The van der Waals surface area contributed by atoms with Gasteiger partial charge in [0.05, 0.1) is 0 Å². The van der Waals surface area contributed by atoms with Crippen LogP contribution in [0.5, 0.6) is 0 Å². The summed E-state index contributed by atoms with van der Waals surface area (Å²) in [7, 11) is 2.21. The molecule has 3 aliphatic heterocycles. The van der Waals surface area contributed by atoms with Gasteiger partial charge in [0, 0.05) is 37.4 Å². The van der Waals surface area contributed by atoms with Gasteiger partial charge < -0.3 is 9.80 Å². The number of hydrogen-bond donors (Lipinski definition) is 1. The second kappa shape index (κ2) is 6.33. The van der Waals surface area contributed by atoms with Gasteiger partial charge in [-0.1, -0.05) is 0 Å². The highest BCUT2D eigenvalue weighted by Gasteiger charge is 2.40. The van der Waals surface area contributed by atoms with Gasteiger partial charge >= 0.3 is 6.03 Å². The van der Waals surface area contributed by atoms with Crippen LogP contribution >= 0.6 is 0 Å². The quantitative estimate of drug-likeness (QED) is 0.894. The van der Waals surface area contributed by atoms with Crippen LogP contribution in [0.15, 0.2) is 24.3 Å². The van der Waals surface area contributed by atoms with Crippen LogP contribution in [0.25, 0.3) is 0 Å². The molecule has 0 saturated carbocycles. The van der Waals surface area contributed by atoms with Crippen molar-refractivity contribution < 1.29 is 9.59 Å². The van der Waals surface area contributed by atoms with E-state index in [0.717, 1.165) is 18.8 Å². The van der Waals surface area contributed by atoms with Gasteiger partial charge in [0.25, 0.3) is 0 Å². The van der Waals surface area contributed by atoms with Crippen molar-refractivity contribution in [2.75, 3.05) is 49.6 Å². The molecule has 1 N–H and O–H groups in total. The summed E-state index contributed by atoms with van der Waals surface area (Å²) in [4.78, 5) is 29.8. The van der Waals surface area contributed by atoms with E-state index in [0.29, 0.717) is 18.4 Å². The van der Waals surface area contributed by atoms with Crippen molar-refractivity contribution in [2.24, 2.45) is 5.41 Å². The standard InChI is InChI=1S/C19H26N4O2/c1-21-11-7-19(8-12-21)9-13-22(14-19)15-2-4-16(5-3-15)23-10-6-17(24)20-18(23)25/h2-5H,6-14H2,1H3,(H,20,24,25). The Morgan fingerprint density at radius 3 is 2.24 bits per heavy atom. The number of benzene rings is 1. The van der Waals surface area contributed by atoms with Crippen LogP contribution in [-0.2, 0) is 4.79 Å². The van der Waals surface area contributed by atoms with E-state index < -0.39 is 0 Å². The number of rotatable bonds is 2. The molecule has 3 heterocycles. The fraction of sp³-hybridized carbons (Fsp3) is 0.579. The van der Waals surface area contributed by atoms with E-state index in [4.69, 9.17) is 0 Å². The number of carbonyl (C=O) groups is 2. The molecule has 3 amide bonds. The number of imide groups is 1. The largest absolute Gasteiger partial charge is 0.371 e. The lowest BCUT2D eigenvalue weighted by Crippen LogP contribution is -2.49. The molecule has 6 heteroatoms. The van der Waals surface area contributed by atoms with Crippen molar-refractivity contribution in [1.29, 1.82) is 0 Å². The minimum Gasteiger partial charge on any atom is -0.371 e. The molecule has 0 aliphatic carbocycles. The number of urea groups is 1. The maximum absolute atomic E-state index is 12.0. The highest BCUT2D eigenvalue weighted by Crippen LogP contribution is 2.41. The molecule has 0 radical (unpaired) electrons. The van der Waals surface area contributed by atoms with Crippen LogP contribution in [0.4, 0.5) is 16.2 Å². The van der Waals surface area contributed by atoms with Gasteiger partial charge in [0.1, 0.15) is 0 Å². The van der Waals surface area contributed by atoms with Crippen molar-refractivity contribution in [2.45, 2.75) is 25.7 Å². The molecule has 0 unspecified atom stereocenters. The first-order valence-corrected chi connectivity index (χ1v) is 9.20. The van der Waals surface area contributed by atoms with Crippen LogP contribution < -0.4 is 15.1 Å². The van der Waals surface area contributed by atoms with Crippen molar-refractivity contribution in [3.05, 3.63) is 24.3 Å². The molecular weight excluding hydrogens is 316 g/mol. The summed E-state index contributed by atoms with van der Waals surface area (Å²) < 4.78 is 0. The van der Waals surface area contributed by atoms with E-state index in [1.165, 1.54) is 38.0 Å². The Balaban J connectivity index is 1.43. The Morgan fingerprint density at radius 2 is 1.56 bits per heavy atom. The van der Waals surface area contributed by atoms with Gasteiger partial charge in [0.2, 0.25) is 5.91 Å². The van der Waals surface area contributed by atoms with E-state index in [9.17, 15) is 9.59 Å². The summed E-state index contributed by atoms with van der Waals surface area (Å²) >= 11 is 0. The number of carbonyl (C=O) groups excluding carboxylic acids is 2. The van der Waals surface area contributed by atoms with Crippen LogP contribution in [-0.4, -0.2) is 56.6 Å². The molecule has 6 nitrogen and oxygen atoms in total. The van der Waals surface area contributed by atoms with Crippen LogP contribution in [0.1, 0.15) is 25.7 Å². The number of anilines is 2. The monoisotopic (exact) mass is 342 g/mol. The SMILES string of the molecule is CN1CCC2(CC1)CCN(c1ccc(N3CCC(=O)NC3=O)cc1)C2. The Morgan fingerprint density at radius 1 is 0.920 bits per heavy atom. The van der Waals surface area contributed by atoms with E-state index >= 15 is 0 Å². The molecule has 1 aromatic carbocycles. The average Bonchev–Trinajstić information content (AvgIpc) is 3.02. The number of amides is 3. The van der Waals surface area contributed by atoms with E-state index in [-0.39, 0.29) is 11.9 Å². The topological polar surface area (TPSA) is 55.9 Å². The highest BCUT2D eigenvalue weighted by molar-refractivity contribution is 6.05. The summed E-state index contributed by atoms with van der Waals surface area (Å²) in [6.45, 7) is 5.11. The molecule has 0 atom stereocenters. The van der Waals surface area contributed by atoms with Gasteiger partial charge in [-0.2, -0.15) is 0 Å². The zero-order chi connectivity index (χ0) is 17.4. The predicted molar refractivity (Wildman–Crippen MR) is 97.9 cm³/mol.